The van der Waals surface area contributed by atoms with Crippen LogP contribution in [0.25, 0.3) is 11.2 Å². The molecule has 0 spiro atoms. The Morgan fingerprint density at radius 3 is 2.72 bits per heavy atom. The Morgan fingerprint density at radius 1 is 1.19 bits per heavy atom. The van der Waals surface area contributed by atoms with Crippen molar-refractivity contribution in [2.75, 3.05) is 0 Å². The summed E-state index contributed by atoms with van der Waals surface area (Å²) in [7, 11) is 1.75. The molecule has 0 saturated carbocycles. The van der Waals surface area contributed by atoms with Crippen LogP contribution in [0.3, 0.4) is 0 Å². The fourth-order valence-electron chi connectivity index (χ4n) is 3.20. The van der Waals surface area contributed by atoms with E-state index in [0.717, 1.165) is 24.2 Å². The molecule has 1 N–H and O–H groups in total. The zero-order valence-electron chi connectivity index (χ0n) is 18.1. The van der Waals surface area contributed by atoms with Crippen LogP contribution in [-0.2, 0) is 26.0 Å². The number of nitrogens with one attached hydrogen (secondary N) is 1. The minimum atomic E-state index is -0.447. The Labute approximate surface area is 187 Å². The predicted molar refractivity (Wildman–Crippen MR) is 120 cm³/mol. The van der Waals surface area contributed by atoms with Crippen LogP contribution in [0.4, 0.5) is 0 Å². The molecule has 0 aliphatic heterocycles. The van der Waals surface area contributed by atoms with Crippen LogP contribution in [0.1, 0.15) is 37.0 Å². The second-order valence-corrected chi connectivity index (χ2v) is 8.30. The van der Waals surface area contributed by atoms with Gasteiger partial charge in [0.1, 0.15) is 11.6 Å². The quantitative estimate of drug-likeness (QED) is 0.382. The molecule has 0 aliphatic carbocycles. The number of unbranched alkanes of at least 4 members (excludes halogenated alkanes) is 1. The number of benzene rings is 1. The number of aromatic amines is 1. The van der Waals surface area contributed by atoms with Crippen LogP contribution < -0.4 is 16.0 Å². The zero-order chi connectivity index (χ0) is 22.7. The molecule has 4 rings (SSSR count). The van der Waals surface area contributed by atoms with Crippen molar-refractivity contribution in [1.82, 2.24) is 29.3 Å². The number of hydrogen-bond donors (Lipinski definition) is 1. The zero-order valence-corrected chi connectivity index (χ0v) is 18.9. The molecule has 0 atom stereocenters. The van der Waals surface area contributed by atoms with Crippen molar-refractivity contribution >= 4 is 22.9 Å². The molecule has 10 nitrogen and oxygen atoms in total. The highest BCUT2D eigenvalue weighted by Crippen LogP contribution is 2.23. The van der Waals surface area contributed by atoms with Gasteiger partial charge in [-0.1, -0.05) is 42.8 Å². The Bertz CT molecular complexity index is 1340. The lowest BCUT2D eigenvalue weighted by Crippen LogP contribution is -2.31. The van der Waals surface area contributed by atoms with Gasteiger partial charge in [-0.2, -0.15) is 0 Å². The molecule has 3 heterocycles. The van der Waals surface area contributed by atoms with Gasteiger partial charge in [-0.15, -0.1) is 10.2 Å². The Balaban J connectivity index is 1.47. The van der Waals surface area contributed by atoms with E-state index in [-0.39, 0.29) is 6.61 Å². The van der Waals surface area contributed by atoms with E-state index >= 15 is 0 Å². The van der Waals surface area contributed by atoms with Gasteiger partial charge in [-0.3, -0.25) is 14.3 Å². The first-order chi connectivity index (χ1) is 15.5. The lowest BCUT2D eigenvalue weighted by molar-refractivity contribution is 0.252. The Hall–Kier alpha value is -3.34. The fraction of sp³-hybridized carbons (Fsp3) is 0.381. The van der Waals surface area contributed by atoms with Crippen LogP contribution in [0.2, 0.25) is 0 Å². The van der Waals surface area contributed by atoms with Gasteiger partial charge in [-0.05, 0) is 25.5 Å². The maximum absolute atomic E-state index is 12.4. The lowest BCUT2D eigenvalue weighted by atomic mass is 10.2. The van der Waals surface area contributed by atoms with Gasteiger partial charge in [0.05, 0.1) is 5.75 Å². The molecule has 0 amide bonds. The first-order valence-corrected chi connectivity index (χ1v) is 11.3. The normalized spacial score (nSPS) is 11.3. The van der Waals surface area contributed by atoms with E-state index in [1.165, 1.54) is 16.3 Å². The summed E-state index contributed by atoms with van der Waals surface area (Å²) >= 11 is 1.30. The number of hydrogen-bond acceptors (Lipinski definition) is 8. The summed E-state index contributed by atoms with van der Waals surface area (Å²) in [4.78, 5) is 31.5. The number of thioether (sulfide) groups is 1. The highest BCUT2D eigenvalue weighted by Gasteiger charge is 2.17. The fourth-order valence-corrected chi connectivity index (χ4v) is 3.97. The van der Waals surface area contributed by atoms with Gasteiger partial charge in [0.25, 0.3) is 16.7 Å². The topological polar surface area (TPSA) is 121 Å². The summed E-state index contributed by atoms with van der Waals surface area (Å²) < 4.78 is 14.5. The van der Waals surface area contributed by atoms with E-state index in [9.17, 15) is 9.59 Å². The van der Waals surface area contributed by atoms with E-state index in [1.807, 2.05) is 38.1 Å². The van der Waals surface area contributed by atoms with E-state index in [2.05, 4.69) is 20.2 Å². The molecule has 32 heavy (non-hydrogen) atoms. The average molecular weight is 457 g/mol. The van der Waals surface area contributed by atoms with Gasteiger partial charge in [0.2, 0.25) is 0 Å². The standard InChI is InChI=1S/C21H24N6O4S/c1-4-5-10-27-18-17(19(28)23-20(27)29)26(3)15(22-18)12-32-21-25-24-16(31-21)11-30-14-8-6-13(2)7-9-14/h6-9H,4-5,10-12H2,1-3H3,(H,23,28,29). The van der Waals surface area contributed by atoms with Crippen molar-refractivity contribution in [2.45, 2.75) is 50.8 Å². The van der Waals surface area contributed by atoms with Crippen molar-refractivity contribution in [3.8, 4) is 5.75 Å². The summed E-state index contributed by atoms with van der Waals surface area (Å²) in [5.74, 6) is 2.11. The van der Waals surface area contributed by atoms with Crippen LogP contribution >= 0.6 is 11.8 Å². The molecule has 0 aliphatic rings. The number of aryl methyl sites for hydroxylation is 3. The minimum absolute atomic E-state index is 0.169. The maximum atomic E-state index is 12.4. The molecular formula is C21H24N6O4S. The smallest absolute Gasteiger partial charge is 0.330 e. The highest BCUT2D eigenvalue weighted by atomic mass is 32.2. The molecule has 0 radical (unpaired) electrons. The molecule has 1 aromatic carbocycles. The van der Waals surface area contributed by atoms with Crippen LogP contribution in [0.5, 0.6) is 5.75 Å². The summed E-state index contributed by atoms with van der Waals surface area (Å²) in [6.07, 6.45) is 1.74. The van der Waals surface area contributed by atoms with Gasteiger partial charge >= 0.3 is 5.69 Å². The summed E-state index contributed by atoms with van der Waals surface area (Å²) in [5, 5.41) is 8.42. The van der Waals surface area contributed by atoms with Crippen molar-refractivity contribution in [1.29, 1.82) is 0 Å². The predicted octanol–water partition coefficient (Wildman–Crippen LogP) is 2.79. The Morgan fingerprint density at radius 2 is 1.97 bits per heavy atom. The number of fused-ring (bicyclic) bond motifs is 1. The average Bonchev–Trinajstić information content (AvgIpc) is 3.36. The van der Waals surface area contributed by atoms with Crippen molar-refractivity contribution < 1.29 is 9.15 Å². The second kappa shape index (κ2) is 9.43. The molecule has 3 aromatic heterocycles. The monoisotopic (exact) mass is 456 g/mol. The maximum Gasteiger partial charge on any atom is 0.330 e. The van der Waals surface area contributed by atoms with Crippen LogP contribution in [0, 0.1) is 6.92 Å². The van der Waals surface area contributed by atoms with Gasteiger partial charge in [0.15, 0.2) is 17.8 Å². The first-order valence-electron chi connectivity index (χ1n) is 10.3. The van der Waals surface area contributed by atoms with Crippen LogP contribution in [0.15, 0.2) is 43.5 Å². The minimum Gasteiger partial charge on any atom is -0.484 e. The van der Waals surface area contributed by atoms with Crippen LogP contribution in [-0.4, -0.2) is 29.3 Å². The SMILES string of the molecule is CCCCn1c(=O)[nH]c(=O)c2c1nc(CSc1nnc(COc3ccc(C)cc3)o1)n2C. The number of H-pyrrole nitrogens is 1. The Kier molecular flexibility index (Phi) is 6.45. The number of rotatable bonds is 9. The molecule has 0 bridgehead atoms. The lowest BCUT2D eigenvalue weighted by Gasteiger charge is -2.04. The molecular weight excluding hydrogens is 432 g/mol. The van der Waals surface area contributed by atoms with Crippen molar-refractivity contribution in [3.63, 3.8) is 0 Å². The third kappa shape index (κ3) is 4.62. The third-order valence-electron chi connectivity index (χ3n) is 5.00. The van der Waals surface area contributed by atoms with Gasteiger partial charge < -0.3 is 13.7 Å². The largest absolute Gasteiger partial charge is 0.484 e. The number of aromatic nitrogens is 6. The molecule has 0 fully saturated rings. The molecule has 11 heteroatoms. The molecule has 0 unspecified atom stereocenters. The summed E-state index contributed by atoms with van der Waals surface area (Å²) in [5.41, 5.74) is 1.03. The number of ether oxygens (including phenoxy) is 1. The number of imidazole rings is 1. The molecule has 4 aromatic rings. The van der Waals surface area contributed by atoms with Gasteiger partial charge in [-0.25, -0.2) is 9.78 Å². The first kappa shape index (κ1) is 21.9. The number of nitrogens with zero attached hydrogens (tertiary/aromatic N) is 5. The van der Waals surface area contributed by atoms with Crippen molar-refractivity contribution in [2.24, 2.45) is 7.05 Å². The molecule has 0 saturated heterocycles. The highest BCUT2D eigenvalue weighted by molar-refractivity contribution is 7.98. The van der Waals surface area contributed by atoms with E-state index in [0.29, 0.717) is 40.4 Å². The van der Waals surface area contributed by atoms with E-state index < -0.39 is 11.2 Å². The summed E-state index contributed by atoms with van der Waals surface area (Å²) in [6, 6.07) is 7.70. The van der Waals surface area contributed by atoms with E-state index in [1.54, 1.807) is 11.6 Å². The second-order valence-electron chi connectivity index (χ2n) is 7.38. The van der Waals surface area contributed by atoms with Crippen molar-refractivity contribution in [3.05, 3.63) is 62.4 Å². The molecule has 168 valence electrons. The van der Waals surface area contributed by atoms with Gasteiger partial charge in [0, 0.05) is 13.6 Å². The van der Waals surface area contributed by atoms with E-state index in [4.69, 9.17) is 9.15 Å². The third-order valence-corrected chi connectivity index (χ3v) is 5.81. The summed E-state index contributed by atoms with van der Waals surface area (Å²) in [6.45, 7) is 4.72.